The average molecular weight is 1210 g/mol. The molecular weight excluding hydrogens is 1130 g/mol. The van der Waals surface area contributed by atoms with Crippen LogP contribution < -0.4 is 53.0 Å². The number of hydrogen-bond donors (Lipinski definition) is 13. The Morgan fingerprint density at radius 2 is 1.48 bits per heavy atom. The highest BCUT2D eigenvalue weighted by atomic mass is 32.2. The zero-order chi connectivity index (χ0) is 62.1. The lowest BCUT2D eigenvalue weighted by molar-refractivity contribution is -0.144. The molecule has 12 amide bonds. The Morgan fingerprint density at radius 3 is 2.18 bits per heavy atom. The molecule has 85 heavy (non-hydrogen) atoms. The van der Waals surface area contributed by atoms with Crippen molar-refractivity contribution in [2.45, 2.75) is 151 Å². The van der Waals surface area contributed by atoms with Gasteiger partial charge >= 0.3 is 0 Å². The summed E-state index contributed by atoms with van der Waals surface area (Å²) in [6.45, 7) is 2.74. The number of H-pyrrole nitrogens is 1. The molecule has 14 N–H and O–H groups in total. The SMILES string of the molecule is CC[C@H](C)[C@@H]1NC(=O)CNC(=O)[C@H]2Cc3c([nH]c4cc(OCCCCCCNC(=O)CCCCCN5C(=O)C=CC5=O)ccc34)S(=O)C[C@H](NC(=O)CNC1=O)C(=O)N[C@@H](CC(N)=O)C(=O)N1C[C@H](O)C[C@H]1C(=O)N[C@@H]([C@@H](C)[C@@H](O)CO)C(=O)N2. The number of nitrogens with one attached hydrogen (secondary N) is 9. The molecule has 1 aromatic carbocycles. The van der Waals surface area contributed by atoms with Gasteiger partial charge in [0.15, 0.2) is 0 Å². The summed E-state index contributed by atoms with van der Waals surface area (Å²) >= 11 is 0. The van der Waals surface area contributed by atoms with Crippen molar-refractivity contribution in [3.8, 4) is 5.75 Å². The van der Waals surface area contributed by atoms with Gasteiger partial charge in [-0.3, -0.25) is 66.6 Å². The van der Waals surface area contributed by atoms with Gasteiger partial charge in [-0.2, -0.15) is 0 Å². The number of carbonyl (C=O) groups is 12. The molecule has 0 aliphatic carbocycles. The molecule has 4 aliphatic heterocycles. The lowest BCUT2D eigenvalue weighted by atomic mass is 9.93. The van der Waals surface area contributed by atoms with Crippen LogP contribution in [0.2, 0.25) is 0 Å². The molecule has 0 radical (unpaired) electrons. The van der Waals surface area contributed by atoms with Crippen molar-refractivity contribution in [1.29, 1.82) is 0 Å². The van der Waals surface area contributed by atoms with Gasteiger partial charge in [-0.05, 0) is 49.3 Å². The number of rotatable bonds is 21. The summed E-state index contributed by atoms with van der Waals surface area (Å²) in [6.07, 6.45) is 3.00. The summed E-state index contributed by atoms with van der Waals surface area (Å²) in [5, 5.41) is 52.2. The number of fused-ring (bicyclic) bond motifs is 5. The molecule has 30 heteroatoms. The Labute approximate surface area is 492 Å². The average Bonchev–Trinajstić information content (AvgIpc) is 3.54. The molecule has 1 fully saturated rings. The van der Waals surface area contributed by atoms with Crippen LogP contribution in [0.5, 0.6) is 5.75 Å². The molecule has 1 unspecified atom stereocenters. The first-order chi connectivity index (χ1) is 40.5. The van der Waals surface area contributed by atoms with Gasteiger partial charge in [-0.15, -0.1) is 0 Å². The number of unbranched alkanes of at least 4 members (excludes halogenated alkanes) is 5. The number of nitrogens with zero attached hydrogens (tertiary/aromatic N) is 2. The van der Waals surface area contributed by atoms with E-state index in [0.717, 1.165) is 17.7 Å². The Kier molecular flexibility index (Phi) is 24.5. The fourth-order valence-electron chi connectivity index (χ4n) is 10.3. The Bertz CT molecular complexity index is 2880. The van der Waals surface area contributed by atoms with E-state index in [-0.39, 0.29) is 40.4 Å². The van der Waals surface area contributed by atoms with E-state index < -0.39 is 176 Å². The topological polar surface area (TPSA) is 436 Å². The Morgan fingerprint density at radius 1 is 0.800 bits per heavy atom. The van der Waals surface area contributed by atoms with Gasteiger partial charge in [0.1, 0.15) is 47.0 Å². The monoisotopic (exact) mass is 1210 g/mol. The standard InChI is InChI=1S/C55H78N12O17S/c1-4-29(2)47-52(80)59-24-43(73)60-38-28-85(83)54-34(33-14-13-32(21-35(33)63-54)84-19-11-6-5-9-17-57-42(72)12-8-7-10-18-66-45(75)15-16-46(66)76)22-36(49(77)58-25-44(74)64-47)61-53(81)48(30(3)40(70)27-68)65-51(79)39-20-31(69)26-67(39)55(82)37(23-41(56)71)62-50(38)78/h13-16,21,29-31,36-40,47-48,63,68-70H,4-12,17-20,22-28H2,1-3H3,(H2,56,71)(H,57,72)(H,58,77)(H,59,80)(H,60,73)(H,61,81)(H,62,78)(H,64,74)(H,65,79)/t29-,30-,31+,36+,37-,38-,39-,40-,47-,48-,85?/m0/s1. The zero-order valence-corrected chi connectivity index (χ0v) is 48.6. The zero-order valence-electron chi connectivity index (χ0n) is 47.7. The number of aromatic nitrogens is 1. The van der Waals surface area contributed by atoms with Crippen LogP contribution in [0.25, 0.3) is 10.9 Å². The molecule has 6 rings (SSSR count). The van der Waals surface area contributed by atoms with Gasteiger partial charge in [0.2, 0.25) is 59.1 Å². The first kappa shape index (κ1) is 66.3. The molecule has 1 saturated heterocycles. The number of aromatic amines is 1. The highest BCUT2D eigenvalue weighted by Crippen LogP contribution is 2.31. The van der Waals surface area contributed by atoms with Crippen molar-refractivity contribution in [3.63, 3.8) is 0 Å². The third kappa shape index (κ3) is 18.3. The largest absolute Gasteiger partial charge is 0.494 e. The third-order valence-electron chi connectivity index (χ3n) is 15.4. The third-order valence-corrected chi connectivity index (χ3v) is 16.8. The summed E-state index contributed by atoms with van der Waals surface area (Å²) in [5.41, 5.74) is 5.96. The van der Waals surface area contributed by atoms with Crippen LogP contribution in [-0.4, -0.2) is 205 Å². The number of imide groups is 1. The second-order valence-electron chi connectivity index (χ2n) is 21.7. The molecule has 5 heterocycles. The lowest BCUT2D eigenvalue weighted by Crippen LogP contribution is -2.62. The lowest BCUT2D eigenvalue weighted by Gasteiger charge is -2.32. The van der Waals surface area contributed by atoms with Crippen molar-refractivity contribution in [2.24, 2.45) is 17.6 Å². The number of primary amides is 1. The summed E-state index contributed by atoms with van der Waals surface area (Å²) in [6, 6.07) is -5.32. The van der Waals surface area contributed by atoms with Gasteiger partial charge in [-0.25, -0.2) is 0 Å². The van der Waals surface area contributed by atoms with Crippen LogP contribution in [0.4, 0.5) is 0 Å². The van der Waals surface area contributed by atoms with Gasteiger partial charge < -0.3 is 78.2 Å². The molecule has 2 aromatic rings. The van der Waals surface area contributed by atoms with Crippen LogP contribution in [0.3, 0.4) is 0 Å². The van der Waals surface area contributed by atoms with Crippen molar-refractivity contribution >= 4 is 92.6 Å². The number of benzene rings is 1. The minimum atomic E-state index is -2.41. The highest BCUT2D eigenvalue weighted by molar-refractivity contribution is 7.85. The summed E-state index contributed by atoms with van der Waals surface area (Å²) in [5.74, 6) is -12.3. The smallest absolute Gasteiger partial charge is 0.253 e. The van der Waals surface area contributed by atoms with Gasteiger partial charge in [0, 0.05) is 68.4 Å². The van der Waals surface area contributed by atoms with E-state index in [1.807, 2.05) is 0 Å². The number of aliphatic hydroxyl groups excluding tert-OH is 3. The van der Waals surface area contributed by atoms with Crippen molar-refractivity contribution in [2.75, 3.05) is 51.7 Å². The Balaban J connectivity index is 1.30. The molecule has 29 nitrogen and oxygen atoms in total. The normalized spacial score (nSPS) is 25.1. The maximum absolute atomic E-state index is 15.0. The molecule has 0 spiro atoms. The number of aliphatic hydroxyl groups is 3. The van der Waals surface area contributed by atoms with E-state index in [9.17, 15) is 72.9 Å². The predicted molar refractivity (Wildman–Crippen MR) is 302 cm³/mol. The second-order valence-corrected chi connectivity index (χ2v) is 23.1. The number of carbonyl (C=O) groups excluding carboxylic acids is 12. The van der Waals surface area contributed by atoms with E-state index >= 15 is 4.21 Å². The summed E-state index contributed by atoms with van der Waals surface area (Å²) < 4.78 is 21.1. The first-order valence-electron chi connectivity index (χ1n) is 28.6. The molecule has 11 atom stereocenters. The molecular formula is C55H78N12O17S. The van der Waals surface area contributed by atoms with Crippen LogP contribution >= 0.6 is 0 Å². The van der Waals surface area contributed by atoms with Crippen LogP contribution in [0.1, 0.15) is 97.0 Å². The van der Waals surface area contributed by atoms with E-state index in [2.05, 4.69) is 47.5 Å². The van der Waals surface area contributed by atoms with Crippen molar-refractivity contribution in [1.82, 2.24) is 57.3 Å². The number of hydrogen-bond acceptors (Lipinski definition) is 17. The van der Waals surface area contributed by atoms with Gasteiger partial charge in [-0.1, -0.05) is 46.5 Å². The second kappa shape index (κ2) is 31.4. The van der Waals surface area contributed by atoms with Gasteiger partial charge in [0.05, 0.1) is 67.0 Å². The number of amides is 12. The van der Waals surface area contributed by atoms with E-state index in [4.69, 9.17) is 10.5 Å². The minimum Gasteiger partial charge on any atom is -0.494 e. The predicted octanol–water partition coefficient (Wildman–Crippen LogP) is -4.09. The fourth-order valence-corrected chi connectivity index (χ4v) is 11.6. The van der Waals surface area contributed by atoms with E-state index in [1.54, 1.807) is 32.0 Å². The molecule has 4 aliphatic rings. The number of ether oxygens (including phenoxy) is 1. The molecule has 466 valence electrons. The maximum Gasteiger partial charge on any atom is 0.253 e. The van der Waals surface area contributed by atoms with Crippen molar-refractivity contribution < 1.29 is 81.8 Å². The van der Waals surface area contributed by atoms with Crippen LogP contribution in [0.15, 0.2) is 35.4 Å². The maximum atomic E-state index is 15.0. The quantitative estimate of drug-likeness (QED) is 0.0418. The fraction of sp³-hybridized carbons (Fsp3) is 0.600. The van der Waals surface area contributed by atoms with Crippen LogP contribution in [-0.2, 0) is 74.8 Å². The van der Waals surface area contributed by atoms with Gasteiger partial charge in [0.25, 0.3) is 11.8 Å². The van der Waals surface area contributed by atoms with Crippen molar-refractivity contribution in [3.05, 3.63) is 35.9 Å². The van der Waals surface area contributed by atoms with E-state index in [0.29, 0.717) is 69.2 Å². The van der Waals surface area contributed by atoms with Crippen LogP contribution in [0, 0.1) is 11.8 Å². The summed E-state index contributed by atoms with van der Waals surface area (Å²) in [4.78, 5) is 167. The summed E-state index contributed by atoms with van der Waals surface area (Å²) in [7, 11) is -2.41. The Hall–Kier alpha value is -7.83. The molecule has 1 aromatic heterocycles. The molecule has 2 bridgehead atoms. The number of nitrogens with two attached hydrogens (primary N) is 1. The first-order valence-corrected chi connectivity index (χ1v) is 29.9. The minimum absolute atomic E-state index is 0.0964. The molecule has 0 saturated carbocycles. The van der Waals surface area contributed by atoms with E-state index in [1.165, 1.54) is 24.0 Å². The highest BCUT2D eigenvalue weighted by Gasteiger charge is 2.45.